The molecular formula is C25H36N4O. The van der Waals surface area contributed by atoms with Crippen molar-refractivity contribution in [2.75, 3.05) is 19.6 Å². The number of aromatic nitrogens is 2. The summed E-state index contributed by atoms with van der Waals surface area (Å²) < 4.78 is 2.01. The molecule has 1 aromatic carbocycles. The van der Waals surface area contributed by atoms with Crippen molar-refractivity contribution >= 4 is 16.9 Å². The highest BCUT2D eigenvalue weighted by atomic mass is 16.2. The molecule has 1 amide bonds. The quantitative estimate of drug-likeness (QED) is 0.756. The summed E-state index contributed by atoms with van der Waals surface area (Å²) in [6.45, 7) is 7.79. The summed E-state index contributed by atoms with van der Waals surface area (Å²) in [5.74, 6) is 2.21. The van der Waals surface area contributed by atoms with Gasteiger partial charge < -0.3 is 9.47 Å². The van der Waals surface area contributed by atoms with Crippen LogP contribution >= 0.6 is 0 Å². The van der Waals surface area contributed by atoms with Crippen molar-refractivity contribution in [3.05, 3.63) is 30.1 Å². The van der Waals surface area contributed by atoms with Gasteiger partial charge in [-0.25, -0.2) is 4.98 Å². The molecule has 2 bridgehead atoms. The first kappa shape index (κ1) is 20.0. The number of nitrogens with zero attached hydrogens (tertiary/aromatic N) is 4. The summed E-state index contributed by atoms with van der Waals surface area (Å²) in [7, 11) is 2.00. The number of hydrogen-bond acceptors (Lipinski definition) is 3. The van der Waals surface area contributed by atoms with Crippen molar-refractivity contribution in [1.82, 2.24) is 19.4 Å². The predicted octanol–water partition coefficient (Wildman–Crippen LogP) is 4.32. The molecule has 0 unspecified atom stereocenters. The molecule has 162 valence electrons. The molecule has 5 rings (SSSR count). The number of imidazole rings is 1. The van der Waals surface area contributed by atoms with Crippen LogP contribution in [0.15, 0.2) is 24.5 Å². The maximum Gasteiger partial charge on any atom is 0.253 e. The largest absolute Gasteiger partial charge is 0.338 e. The number of hydrogen-bond donors (Lipinski definition) is 0. The van der Waals surface area contributed by atoms with Gasteiger partial charge in [0, 0.05) is 37.8 Å². The minimum atomic E-state index is 0.198. The molecule has 0 aliphatic carbocycles. The number of piperidine rings is 3. The van der Waals surface area contributed by atoms with Crippen LogP contribution in [0.5, 0.6) is 0 Å². The van der Waals surface area contributed by atoms with E-state index in [2.05, 4.69) is 28.6 Å². The van der Waals surface area contributed by atoms with E-state index < -0.39 is 0 Å². The van der Waals surface area contributed by atoms with E-state index in [0.717, 1.165) is 35.6 Å². The first-order valence-corrected chi connectivity index (χ1v) is 12.0. The van der Waals surface area contributed by atoms with Gasteiger partial charge in [0.25, 0.3) is 5.91 Å². The predicted molar refractivity (Wildman–Crippen MR) is 120 cm³/mol. The fourth-order valence-corrected chi connectivity index (χ4v) is 6.43. The van der Waals surface area contributed by atoms with Gasteiger partial charge in [-0.05, 0) is 74.6 Å². The second kappa shape index (κ2) is 7.99. The smallest absolute Gasteiger partial charge is 0.253 e. The van der Waals surface area contributed by atoms with E-state index in [1.54, 1.807) is 0 Å². The Morgan fingerprint density at radius 2 is 2.03 bits per heavy atom. The highest BCUT2D eigenvalue weighted by molar-refractivity contribution is 5.97. The fraction of sp³-hybridized carbons (Fsp3) is 0.680. The van der Waals surface area contributed by atoms with Gasteiger partial charge in [-0.1, -0.05) is 20.3 Å². The molecule has 5 heteroatoms. The minimum Gasteiger partial charge on any atom is -0.338 e. The van der Waals surface area contributed by atoms with Gasteiger partial charge in [0.2, 0.25) is 0 Å². The van der Waals surface area contributed by atoms with Crippen LogP contribution in [0.1, 0.15) is 62.7 Å². The zero-order valence-corrected chi connectivity index (χ0v) is 18.8. The zero-order valence-electron chi connectivity index (χ0n) is 18.8. The Labute approximate surface area is 180 Å². The third-order valence-corrected chi connectivity index (χ3v) is 7.92. The Balaban J connectivity index is 1.38. The summed E-state index contributed by atoms with van der Waals surface area (Å²) in [5, 5.41) is 0. The normalized spacial score (nSPS) is 29.4. The number of carbonyl (C=O) groups is 1. The molecule has 0 N–H and O–H groups in total. The second-order valence-electron chi connectivity index (χ2n) is 10.4. The third-order valence-electron chi connectivity index (χ3n) is 7.92. The van der Waals surface area contributed by atoms with Crippen molar-refractivity contribution in [1.29, 1.82) is 0 Å². The maximum atomic E-state index is 13.5. The van der Waals surface area contributed by atoms with E-state index in [9.17, 15) is 4.79 Å². The highest BCUT2D eigenvalue weighted by Gasteiger charge is 2.47. The van der Waals surface area contributed by atoms with E-state index in [4.69, 9.17) is 0 Å². The maximum absolute atomic E-state index is 13.5. The lowest BCUT2D eigenvalue weighted by atomic mass is 9.71. The molecule has 3 aliphatic heterocycles. The van der Waals surface area contributed by atoms with Crippen molar-refractivity contribution < 1.29 is 4.79 Å². The van der Waals surface area contributed by atoms with Gasteiger partial charge in [-0.2, -0.15) is 0 Å². The molecule has 0 saturated carbocycles. The highest BCUT2D eigenvalue weighted by Crippen LogP contribution is 2.43. The van der Waals surface area contributed by atoms with Gasteiger partial charge in [0.1, 0.15) is 0 Å². The number of carbonyl (C=O) groups excluding carboxylic acids is 1. The Morgan fingerprint density at radius 1 is 1.20 bits per heavy atom. The van der Waals surface area contributed by atoms with Crippen molar-refractivity contribution in [3.8, 4) is 0 Å². The number of likely N-dealkylation sites (tertiary alicyclic amines) is 1. The summed E-state index contributed by atoms with van der Waals surface area (Å²) in [4.78, 5) is 23.0. The van der Waals surface area contributed by atoms with E-state index in [0.29, 0.717) is 23.9 Å². The van der Waals surface area contributed by atoms with Crippen LogP contribution in [0.25, 0.3) is 11.0 Å². The number of fused-ring (bicyclic) bond motifs is 5. The SMILES string of the molecule is CC(C)CC[C@H]1[C@H]2C[C@H](CN(C(=O)c3ccc4c(c3)ncn4C)C2)[C@@H]2CCCCN21. The standard InChI is InChI=1S/C25H36N4O/c1-17(2)7-9-23-20-12-19(22-6-4-5-11-29(22)23)14-28(15-20)25(30)18-8-10-24-21(13-18)26-16-27(24)3/h8,10,13,16-17,19-20,22-23H,4-7,9,11-12,14-15H2,1-3H3/t19-,20+,22+,23+/m1/s1. The molecule has 30 heavy (non-hydrogen) atoms. The van der Waals surface area contributed by atoms with Gasteiger partial charge in [-0.15, -0.1) is 0 Å². The first-order chi connectivity index (χ1) is 14.5. The molecule has 3 aliphatic rings. The van der Waals surface area contributed by atoms with E-state index in [1.807, 2.05) is 36.1 Å². The van der Waals surface area contributed by atoms with Crippen LogP contribution in [-0.4, -0.2) is 57.0 Å². The number of benzene rings is 1. The zero-order chi connectivity index (χ0) is 20.8. The van der Waals surface area contributed by atoms with Gasteiger partial charge in [-0.3, -0.25) is 9.69 Å². The first-order valence-electron chi connectivity index (χ1n) is 12.0. The number of rotatable bonds is 4. The second-order valence-corrected chi connectivity index (χ2v) is 10.4. The van der Waals surface area contributed by atoms with Crippen molar-refractivity contribution in [2.24, 2.45) is 24.8 Å². The van der Waals surface area contributed by atoms with Crippen LogP contribution in [0, 0.1) is 17.8 Å². The summed E-state index contributed by atoms with van der Waals surface area (Å²) in [6.07, 6.45) is 9.73. The van der Waals surface area contributed by atoms with Gasteiger partial charge in [0.05, 0.1) is 17.4 Å². The average molecular weight is 409 g/mol. The van der Waals surface area contributed by atoms with Gasteiger partial charge in [0.15, 0.2) is 0 Å². The van der Waals surface area contributed by atoms with Crippen molar-refractivity contribution in [2.45, 2.75) is 64.5 Å². The van der Waals surface area contributed by atoms with Crippen LogP contribution in [0.3, 0.4) is 0 Å². The summed E-state index contributed by atoms with van der Waals surface area (Å²) in [6, 6.07) is 7.34. The molecule has 2 aromatic rings. The van der Waals surface area contributed by atoms with Crippen LogP contribution < -0.4 is 0 Å². The van der Waals surface area contributed by atoms with E-state index in [1.165, 1.54) is 45.1 Å². The number of aryl methyl sites for hydroxylation is 1. The van der Waals surface area contributed by atoms with Gasteiger partial charge >= 0.3 is 0 Å². The molecule has 3 saturated heterocycles. The Kier molecular flexibility index (Phi) is 5.34. The summed E-state index contributed by atoms with van der Waals surface area (Å²) >= 11 is 0. The van der Waals surface area contributed by atoms with Crippen LogP contribution in [0.2, 0.25) is 0 Å². The topological polar surface area (TPSA) is 41.4 Å². The summed E-state index contributed by atoms with van der Waals surface area (Å²) in [5.41, 5.74) is 2.78. The molecule has 4 atom stereocenters. The third kappa shape index (κ3) is 3.55. The monoisotopic (exact) mass is 408 g/mol. The Morgan fingerprint density at radius 3 is 2.87 bits per heavy atom. The number of amides is 1. The lowest BCUT2D eigenvalue weighted by molar-refractivity contribution is -0.0681. The Hall–Kier alpha value is -1.88. The minimum absolute atomic E-state index is 0.198. The van der Waals surface area contributed by atoms with Crippen molar-refractivity contribution in [3.63, 3.8) is 0 Å². The lowest BCUT2D eigenvalue weighted by Crippen LogP contribution is -2.64. The molecular weight excluding hydrogens is 372 g/mol. The van der Waals surface area contributed by atoms with E-state index in [-0.39, 0.29) is 5.91 Å². The molecule has 0 spiro atoms. The molecule has 0 radical (unpaired) electrons. The average Bonchev–Trinajstić information content (AvgIpc) is 3.13. The fourth-order valence-electron chi connectivity index (χ4n) is 6.43. The van der Waals surface area contributed by atoms with E-state index >= 15 is 0 Å². The molecule has 5 nitrogen and oxygen atoms in total. The van der Waals surface area contributed by atoms with Crippen LogP contribution in [-0.2, 0) is 7.05 Å². The van der Waals surface area contributed by atoms with Crippen LogP contribution in [0.4, 0.5) is 0 Å². The molecule has 1 aromatic heterocycles. The lowest BCUT2D eigenvalue weighted by Gasteiger charge is -2.57. The Bertz CT molecular complexity index is 919. The molecule has 4 heterocycles. The molecule has 3 fully saturated rings.